The Morgan fingerprint density at radius 2 is 1.62 bits per heavy atom. The predicted molar refractivity (Wildman–Crippen MR) is 111 cm³/mol. The molecule has 3 rings (SSSR count). The number of aliphatic hydroxyl groups excluding tert-OH is 1. The minimum atomic E-state index is -1.32. The van der Waals surface area contributed by atoms with Gasteiger partial charge in [-0.2, -0.15) is 0 Å². The maximum Gasteiger partial charge on any atom is 0.191 e. The number of piperazine rings is 1. The van der Waals surface area contributed by atoms with Crippen molar-refractivity contribution in [3.05, 3.63) is 66.2 Å². The first-order valence-electron chi connectivity index (χ1n) is 10.2. The van der Waals surface area contributed by atoms with E-state index in [1.54, 1.807) is 35.2 Å². The monoisotopic (exact) mass is 400 g/mol. The number of rotatable bonds is 10. The second-order valence-corrected chi connectivity index (χ2v) is 7.31. The van der Waals surface area contributed by atoms with Crippen LogP contribution >= 0.6 is 0 Å². The Kier molecular flexibility index (Phi) is 8.16. The average molecular weight is 400 g/mol. The van der Waals surface area contributed by atoms with Crippen molar-refractivity contribution in [2.45, 2.75) is 25.2 Å². The van der Waals surface area contributed by atoms with Crippen molar-refractivity contribution in [1.29, 1.82) is 0 Å². The van der Waals surface area contributed by atoms with Gasteiger partial charge < -0.3 is 14.7 Å². The first-order chi connectivity index (χ1) is 14.1. The lowest BCUT2D eigenvalue weighted by atomic mass is 10.0. The fourth-order valence-electron chi connectivity index (χ4n) is 3.50. The van der Waals surface area contributed by atoms with Gasteiger partial charge in [-0.3, -0.25) is 9.69 Å². The summed E-state index contributed by atoms with van der Waals surface area (Å²) in [7, 11) is 0. The van der Waals surface area contributed by atoms with E-state index < -0.39 is 18.2 Å². The van der Waals surface area contributed by atoms with Crippen LogP contribution in [0.25, 0.3) is 0 Å². The Morgan fingerprint density at radius 1 is 1.00 bits per heavy atom. The highest BCUT2D eigenvalue weighted by Crippen LogP contribution is 2.16. The first-order valence-corrected chi connectivity index (χ1v) is 10.2. The number of ketones is 1. The van der Waals surface area contributed by atoms with Gasteiger partial charge in [-0.05, 0) is 18.6 Å². The molecule has 1 heterocycles. The molecule has 29 heavy (non-hydrogen) atoms. The zero-order valence-electron chi connectivity index (χ0n) is 16.6. The Hall–Kier alpha value is -2.28. The Morgan fingerprint density at radius 3 is 2.28 bits per heavy atom. The number of hydrogen-bond acceptors (Lipinski definition) is 5. The van der Waals surface area contributed by atoms with E-state index >= 15 is 0 Å². The number of Topliss-reactive ketones (excluding diaryl/α,β-unsaturated/α-hetero) is 1. The second kappa shape index (κ2) is 11.0. The largest absolute Gasteiger partial charge is 0.494 e. The number of hydrogen-bond donors (Lipinski definition) is 1. The Bertz CT molecular complexity index is 736. The van der Waals surface area contributed by atoms with Crippen molar-refractivity contribution in [1.82, 2.24) is 9.80 Å². The van der Waals surface area contributed by atoms with Gasteiger partial charge in [0.2, 0.25) is 0 Å². The van der Waals surface area contributed by atoms with E-state index in [2.05, 4.69) is 4.90 Å². The van der Waals surface area contributed by atoms with Crippen LogP contribution in [0.15, 0.2) is 60.7 Å². The van der Waals surface area contributed by atoms with Crippen molar-refractivity contribution < 1.29 is 19.0 Å². The van der Waals surface area contributed by atoms with Crippen molar-refractivity contribution in [3.8, 4) is 5.75 Å². The van der Waals surface area contributed by atoms with Crippen LogP contribution in [0, 0.1) is 0 Å². The number of carbonyl (C=O) groups is 1. The number of ether oxygens (including phenoxy) is 1. The number of alkyl halides is 1. The van der Waals surface area contributed by atoms with E-state index in [0.717, 1.165) is 31.8 Å². The molecule has 0 bridgehead atoms. The summed E-state index contributed by atoms with van der Waals surface area (Å²) in [6.45, 7) is 4.29. The molecule has 1 saturated heterocycles. The van der Waals surface area contributed by atoms with Crippen LogP contribution in [0.3, 0.4) is 0 Å². The number of carbonyl (C=O) groups excluding carboxylic acids is 1. The van der Waals surface area contributed by atoms with Gasteiger partial charge in [0.15, 0.2) is 12.1 Å². The van der Waals surface area contributed by atoms with E-state index in [1.807, 2.05) is 30.3 Å². The van der Waals surface area contributed by atoms with Crippen LogP contribution in [0.4, 0.5) is 4.39 Å². The standard InChI is InChI=1S/C23H29FN2O3/c24-22(18-21(27)23(28)19-8-3-1-4-9-19)26-15-13-25(14-16-26)12-7-17-29-20-10-5-2-6-11-20/h1-6,8-11,21-22,27H,7,12-18H2. The van der Waals surface area contributed by atoms with Gasteiger partial charge >= 0.3 is 0 Å². The molecule has 1 fully saturated rings. The molecule has 2 atom stereocenters. The summed E-state index contributed by atoms with van der Waals surface area (Å²) in [5, 5.41) is 10.1. The maximum absolute atomic E-state index is 14.6. The molecule has 1 aliphatic heterocycles. The van der Waals surface area contributed by atoms with Gasteiger partial charge in [0.05, 0.1) is 6.61 Å². The molecule has 0 aromatic heterocycles. The molecule has 0 saturated carbocycles. The fourth-order valence-corrected chi connectivity index (χ4v) is 3.50. The second-order valence-electron chi connectivity index (χ2n) is 7.31. The Labute approximate surface area is 171 Å². The fraction of sp³-hybridized carbons (Fsp3) is 0.435. The summed E-state index contributed by atoms with van der Waals surface area (Å²) >= 11 is 0. The predicted octanol–water partition coefficient (Wildman–Crippen LogP) is 3.00. The molecule has 0 aliphatic carbocycles. The smallest absolute Gasteiger partial charge is 0.191 e. The quantitative estimate of drug-likeness (QED) is 0.378. The number of para-hydroxylation sites is 1. The van der Waals surface area contributed by atoms with Gasteiger partial charge in [0.1, 0.15) is 11.9 Å². The first kappa shape index (κ1) is 21.4. The summed E-state index contributed by atoms with van der Waals surface area (Å²) in [5.41, 5.74) is 0.412. The molecule has 0 amide bonds. The highest BCUT2D eigenvalue weighted by molar-refractivity contribution is 5.99. The van der Waals surface area contributed by atoms with Gasteiger partial charge in [-0.15, -0.1) is 0 Å². The molecular weight excluding hydrogens is 371 g/mol. The van der Waals surface area contributed by atoms with Crippen LogP contribution in [0.1, 0.15) is 23.2 Å². The highest BCUT2D eigenvalue weighted by atomic mass is 19.1. The van der Waals surface area contributed by atoms with Crippen molar-refractivity contribution in [2.24, 2.45) is 0 Å². The van der Waals surface area contributed by atoms with Gasteiger partial charge in [-0.1, -0.05) is 48.5 Å². The number of halogens is 1. The average Bonchev–Trinajstić information content (AvgIpc) is 2.78. The van der Waals surface area contributed by atoms with Crippen LogP contribution in [-0.4, -0.2) is 72.4 Å². The van der Waals surface area contributed by atoms with Crippen LogP contribution < -0.4 is 4.74 Å². The Balaban J connectivity index is 1.33. The topological polar surface area (TPSA) is 53.0 Å². The molecule has 0 radical (unpaired) electrons. The van der Waals surface area contributed by atoms with E-state index in [0.29, 0.717) is 25.3 Å². The number of benzene rings is 2. The molecule has 5 nitrogen and oxygen atoms in total. The molecule has 0 spiro atoms. The summed E-state index contributed by atoms with van der Waals surface area (Å²) in [6, 6.07) is 18.3. The van der Waals surface area contributed by atoms with Gasteiger partial charge in [0.25, 0.3) is 0 Å². The lowest BCUT2D eigenvalue weighted by Crippen LogP contribution is -2.50. The third-order valence-electron chi connectivity index (χ3n) is 5.21. The third kappa shape index (κ3) is 6.63. The van der Waals surface area contributed by atoms with Crippen LogP contribution in [0.2, 0.25) is 0 Å². The van der Waals surface area contributed by atoms with Crippen molar-refractivity contribution >= 4 is 5.78 Å². The molecule has 2 aromatic carbocycles. The third-order valence-corrected chi connectivity index (χ3v) is 5.21. The summed E-state index contributed by atoms with van der Waals surface area (Å²) in [4.78, 5) is 16.2. The van der Waals surface area contributed by atoms with E-state index in [-0.39, 0.29) is 6.42 Å². The molecule has 156 valence electrons. The highest BCUT2D eigenvalue weighted by Gasteiger charge is 2.28. The minimum absolute atomic E-state index is 0.196. The van der Waals surface area contributed by atoms with Crippen molar-refractivity contribution in [3.63, 3.8) is 0 Å². The van der Waals surface area contributed by atoms with Gasteiger partial charge in [-0.25, -0.2) is 4.39 Å². The molecule has 2 unspecified atom stereocenters. The number of nitrogens with zero attached hydrogens (tertiary/aromatic N) is 2. The van der Waals surface area contributed by atoms with Gasteiger partial charge in [0, 0.05) is 44.7 Å². The normalized spacial score (nSPS) is 17.6. The molecule has 6 heteroatoms. The summed E-state index contributed by atoms with van der Waals surface area (Å²) < 4.78 is 20.3. The van der Waals surface area contributed by atoms with E-state index in [9.17, 15) is 14.3 Å². The number of aliphatic hydroxyl groups is 1. The summed E-state index contributed by atoms with van der Waals surface area (Å²) in [5.74, 6) is 0.450. The zero-order chi connectivity index (χ0) is 20.5. The van der Waals surface area contributed by atoms with Crippen LogP contribution in [-0.2, 0) is 0 Å². The molecule has 1 N–H and O–H groups in total. The van der Waals surface area contributed by atoms with Crippen LogP contribution in [0.5, 0.6) is 5.75 Å². The molecule has 2 aromatic rings. The lowest BCUT2D eigenvalue weighted by Gasteiger charge is -2.36. The van der Waals surface area contributed by atoms with E-state index in [4.69, 9.17) is 4.74 Å². The summed E-state index contributed by atoms with van der Waals surface area (Å²) in [6.07, 6.45) is -1.92. The lowest BCUT2D eigenvalue weighted by molar-refractivity contribution is 0.00170. The molecule has 1 aliphatic rings. The van der Waals surface area contributed by atoms with Crippen molar-refractivity contribution in [2.75, 3.05) is 39.3 Å². The maximum atomic E-state index is 14.6. The molecular formula is C23H29FN2O3. The zero-order valence-corrected chi connectivity index (χ0v) is 16.6. The van der Waals surface area contributed by atoms with E-state index in [1.165, 1.54) is 0 Å². The minimum Gasteiger partial charge on any atom is -0.494 e. The SMILES string of the molecule is O=C(c1ccccc1)C(O)CC(F)N1CCN(CCCOc2ccccc2)CC1.